The van der Waals surface area contributed by atoms with Gasteiger partial charge in [0.05, 0.1) is 11.1 Å². The summed E-state index contributed by atoms with van der Waals surface area (Å²) in [5.41, 5.74) is 0.636. The maximum absolute atomic E-state index is 12.4. The molecule has 124 valence electrons. The molecule has 0 atom stereocenters. The van der Waals surface area contributed by atoms with Crippen LogP contribution in [-0.2, 0) is 9.59 Å². The molecule has 3 rings (SSSR count). The topological polar surface area (TPSA) is 74.6 Å². The Morgan fingerprint density at radius 3 is 2.04 bits per heavy atom. The third kappa shape index (κ3) is 3.25. The molecular weight excluding hydrogens is 340 g/mol. The van der Waals surface area contributed by atoms with Gasteiger partial charge in [-0.15, -0.1) is 0 Å². The smallest absolute Gasteiger partial charge is 0.232 e. The minimum atomic E-state index is -0.804. The summed E-state index contributed by atoms with van der Waals surface area (Å²) in [4.78, 5) is 24.8. The highest BCUT2D eigenvalue weighted by Gasteiger charge is 2.34. The van der Waals surface area contributed by atoms with E-state index < -0.39 is 23.1 Å². The molecule has 25 heavy (non-hydrogen) atoms. The summed E-state index contributed by atoms with van der Waals surface area (Å²) in [6.07, 6.45) is 2.85. The van der Waals surface area contributed by atoms with Crippen LogP contribution in [0.4, 0.5) is 0 Å². The molecule has 2 N–H and O–H groups in total. The first-order chi connectivity index (χ1) is 12.0. The molecule has 1 aliphatic carbocycles. The van der Waals surface area contributed by atoms with E-state index in [-0.39, 0.29) is 11.1 Å². The first-order valence-corrected chi connectivity index (χ1v) is 7.82. The van der Waals surface area contributed by atoms with Crippen LogP contribution in [0.15, 0.2) is 77.8 Å². The molecule has 0 saturated heterocycles. The second-order valence-corrected chi connectivity index (χ2v) is 5.83. The number of aliphatic hydroxyl groups is 2. The van der Waals surface area contributed by atoms with Crippen molar-refractivity contribution >= 4 is 34.8 Å². The number of benzene rings is 2. The van der Waals surface area contributed by atoms with Crippen molar-refractivity contribution in [2.45, 2.75) is 0 Å². The zero-order chi connectivity index (χ0) is 18.0. The number of ketones is 2. The summed E-state index contributed by atoms with van der Waals surface area (Å²) in [6, 6.07) is 15.0. The van der Waals surface area contributed by atoms with E-state index in [0.717, 1.165) is 5.56 Å². The van der Waals surface area contributed by atoms with Gasteiger partial charge in [-0.25, -0.2) is 0 Å². The molecule has 0 radical (unpaired) electrons. The molecule has 4 nitrogen and oxygen atoms in total. The fourth-order valence-corrected chi connectivity index (χ4v) is 2.60. The van der Waals surface area contributed by atoms with Crippen molar-refractivity contribution in [3.05, 3.63) is 93.9 Å². The molecule has 0 bridgehead atoms. The Labute approximate surface area is 149 Å². The maximum Gasteiger partial charge on any atom is 0.232 e. The summed E-state index contributed by atoms with van der Waals surface area (Å²) in [5.74, 6) is -2.96. The molecule has 0 heterocycles. The van der Waals surface area contributed by atoms with Gasteiger partial charge < -0.3 is 10.2 Å². The molecular formula is C20H13ClO4. The number of hydrogen-bond donors (Lipinski definition) is 2. The van der Waals surface area contributed by atoms with Crippen molar-refractivity contribution in [2.24, 2.45) is 0 Å². The van der Waals surface area contributed by atoms with E-state index >= 15 is 0 Å². The van der Waals surface area contributed by atoms with Gasteiger partial charge in [0.2, 0.25) is 11.6 Å². The quantitative estimate of drug-likeness (QED) is 0.808. The van der Waals surface area contributed by atoms with Gasteiger partial charge in [0, 0.05) is 5.02 Å². The Morgan fingerprint density at radius 2 is 1.40 bits per heavy atom. The van der Waals surface area contributed by atoms with E-state index in [2.05, 4.69) is 0 Å². The van der Waals surface area contributed by atoms with E-state index in [1.807, 2.05) is 0 Å². The van der Waals surface area contributed by atoms with Crippen LogP contribution in [0.5, 0.6) is 0 Å². The van der Waals surface area contributed by atoms with Crippen molar-refractivity contribution in [3.63, 3.8) is 0 Å². The normalized spacial score (nSPS) is 15.4. The van der Waals surface area contributed by atoms with Crippen molar-refractivity contribution < 1.29 is 19.8 Å². The molecule has 5 heteroatoms. The summed E-state index contributed by atoms with van der Waals surface area (Å²) in [5, 5.41) is 20.9. The van der Waals surface area contributed by atoms with Gasteiger partial charge >= 0.3 is 0 Å². The second kappa shape index (κ2) is 6.79. The summed E-state index contributed by atoms with van der Waals surface area (Å²) in [7, 11) is 0. The van der Waals surface area contributed by atoms with Crippen molar-refractivity contribution in [1.29, 1.82) is 0 Å². The van der Waals surface area contributed by atoms with Crippen LogP contribution in [0.25, 0.3) is 11.6 Å². The third-order valence-electron chi connectivity index (χ3n) is 3.77. The fourth-order valence-electron chi connectivity index (χ4n) is 2.48. The monoisotopic (exact) mass is 352 g/mol. The molecule has 1 aliphatic rings. The average molecular weight is 353 g/mol. The Morgan fingerprint density at radius 1 is 0.760 bits per heavy atom. The number of hydrogen-bond acceptors (Lipinski definition) is 4. The largest absolute Gasteiger partial charge is 0.504 e. The van der Waals surface area contributed by atoms with Gasteiger partial charge in [0.25, 0.3) is 0 Å². The van der Waals surface area contributed by atoms with Gasteiger partial charge in [0.1, 0.15) is 0 Å². The first-order valence-electron chi connectivity index (χ1n) is 7.44. The molecule has 0 saturated carbocycles. The predicted molar refractivity (Wildman–Crippen MR) is 96.1 cm³/mol. The number of rotatable bonds is 3. The lowest BCUT2D eigenvalue weighted by Gasteiger charge is -2.16. The minimum Gasteiger partial charge on any atom is -0.504 e. The van der Waals surface area contributed by atoms with Gasteiger partial charge in [-0.1, -0.05) is 60.1 Å². The van der Waals surface area contributed by atoms with Crippen molar-refractivity contribution in [1.82, 2.24) is 0 Å². The third-order valence-corrected chi connectivity index (χ3v) is 4.02. The number of carbonyl (C=O) groups excluding carboxylic acids is 2. The van der Waals surface area contributed by atoms with E-state index in [4.69, 9.17) is 11.6 Å². The van der Waals surface area contributed by atoms with E-state index in [1.165, 1.54) is 6.08 Å². The van der Waals surface area contributed by atoms with Gasteiger partial charge in [0.15, 0.2) is 11.5 Å². The predicted octanol–water partition coefficient (Wildman–Crippen LogP) is 4.29. The van der Waals surface area contributed by atoms with Crippen LogP contribution in [0.3, 0.4) is 0 Å². The van der Waals surface area contributed by atoms with Gasteiger partial charge in [-0.2, -0.15) is 0 Å². The van der Waals surface area contributed by atoms with Crippen LogP contribution in [0, 0.1) is 0 Å². The molecule has 0 spiro atoms. The van der Waals surface area contributed by atoms with Crippen molar-refractivity contribution in [2.75, 3.05) is 0 Å². The van der Waals surface area contributed by atoms with Crippen LogP contribution in [0.1, 0.15) is 11.1 Å². The summed E-state index contributed by atoms with van der Waals surface area (Å²) >= 11 is 5.81. The SMILES string of the molecule is O=C1C(O)=C(c2ccccc2)C(=O)C(O)=C1/C=C/c1ccc(Cl)cc1. The lowest BCUT2D eigenvalue weighted by molar-refractivity contribution is -0.118. The fraction of sp³-hybridized carbons (Fsp3) is 0. The molecule has 0 aromatic heterocycles. The Bertz CT molecular complexity index is 935. The zero-order valence-corrected chi connectivity index (χ0v) is 13.7. The molecule has 2 aromatic rings. The lowest BCUT2D eigenvalue weighted by Crippen LogP contribution is -2.22. The Balaban J connectivity index is 1.98. The molecule has 0 fully saturated rings. The van der Waals surface area contributed by atoms with E-state index in [1.54, 1.807) is 60.7 Å². The van der Waals surface area contributed by atoms with Crippen LogP contribution in [-0.4, -0.2) is 21.8 Å². The number of aliphatic hydroxyl groups excluding tert-OH is 2. The van der Waals surface area contributed by atoms with Crippen molar-refractivity contribution in [3.8, 4) is 0 Å². The maximum atomic E-state index is 12.4. The van der Waals surface area contributed by atoms with E-state index in [0.29, 0.717) is 10.6 Å². The number of Topliss-reactive ketones (excluding diaryl/α,β-unsaturated/α-hetero) is 2. The highest BCUT2D eigenvalue weighted by molar-refractivity contribution is 6.38. The minimum absolute atomic E-state index is 0.202. The molecule has 0 amide bonds. The van der Waals surface area contributed by atoms with Gasteiger partial charge in [-0.05, 0) is 29.3 Å². The van der Waals surface area contributed by atoms with Gasteiger partial charge in [-0.3, -0.25) is 9.59 Å². The highest BCUT2D eigenvalue weighted by atomic mass is 35.5. The van der Waals surface area contributed by atoms with E-state index in [9.17, 15) is 19.8 Å². The Kier molecular flexibility index (Phi) is 4.55. The number of carbonyl (C=O) groups is 2. The second-order valence-electron chi connectivity index (χ2n) is 5.40. The number of halogens is 1. The molecule has 0 unspecified atom stereocenters. The molecule has 0 aliphatic heterocycles. The summed E-state index contributed by atoms with van der Waals surface area (Å²) in [6.45, 7) is 0. The number of allylic oxidation sites excluding steroid dienone is 3. The Hall–Kier alpha value is -3.11. The lowest BCUT2D eigenvalue weighted by atomic mass is 9.89. The summed E-state index contributed by atoms with van der Waals surface area (Å²) < 4.78 is 0. The highest BCUT2D eigenvalue weighted by Crippen LogP contribution is 2.30. The zero-order valence-electron chi connectivity index (χ0n) is 12.9. The van der Waals surface area contributed by atoms with Crippen LogP contribution < -0.4 is 0 Å². The standard InChI is InChI=1S/C20H13ClO4/c21-14-9-6-12(7-10-14)8-11-15-17(22)19(24)16(20(25)18(15)23)13-4-2-1-3-5-13/h1-11,22,25H/b11-8+. The average Bonchev–Trinajstić information content (AvgIpc) is 2.63. The first kappa shape index (κ1) is 16.7. The van der Waals surface area contributed by atoms with Crippen LogP contribution >= 0.6 is 11.6 Å². The molecule has 2 aromatic carbocycles. The van der Waals surface area contributed by atoms with Crippen LogP contribution in [0.2, 0.25) is 5.02 Å².